The van der Waals surface area contributed by atoms with E-state index < -0.39 is 6.43 Å². The third-order valence-corrected chi connectivity index (χ3v) is 2.71. The molecule has 1 aromatic heterocycles. The van der Waals surface area contributed by atoms with E-state index in [1.165, 1.54) is 13.2 Å². The molecule has 1 rings (SSSR count). The lowest BCUT2D eigenvalue weighted by molar-refractivity contribution is 0.143. The van der Waals surface area contributed by atoms with Crippen molar-refractivity contribution in [2.45, 2.75) is 12.8 Å². The molecule has 0 saturated carbocycles. The van der Waals surface area contributed by atoms with E-state index in [0.717, 1.165) is 0 Å². The van der Waals surface area contributed by atoms with Gasteiger partial charge in [-0.25, -0.2) is 13.8 Å². The molecule has 80 valence electrons. The molecular formula is C9H7F2IN2O. The lowest BCUT2D eigenvalue weighted by atomic mass is 10.1. The number of nitriles is 1. The smallest absolute Gasteiger partial charge is 0.280 e. The maximum atomic E-state index is 12.6. The van der Waals surface area contributed by atoms with Crippen LogP contribution in [0.25, 0.3) is 0 Å². The van der Waals surface area contributed by atoms with E-state index in [0.29, 0.717) is 3.57 Å². The number of methoxy groups -OCH3 is 1. The quantitative estimate of drug-likeness (QED) is 0.803. The summed E-state index contributed by atoms with van der Waals surface area (Å²) in [6, 6.07) is 3.37. The second-order valence-electron chi connectivity index (χ2n) is 2.65. The van der Waals surface area contributed by atoms with Crippen LogP contribution >= 0.6 is 22.6 Å². The third-order valence-electron chi connectivity index (χ3n) is 1.75. The summed E-state index contributed by atoms with van der Waals surface area (Å²) in [5, 5.41) is 8.52. The van der Waals surface area contributed by atoms with Crippen LogP contribution in [0.2, 0.25) is 0 Å². The fourth-order valence-electron chi connectivity index (χ4n) is 1.08. The molecule has 0 aliphatic heterocycles. The fourth-order valence-corrected chi connectivity index (χ4v) is 1.81. The van der Waals surface area contributed by atoms with Crippen molar-refractivity contribution in [1.82, 2.24) is 4.98 Å². The first kappa shape index (κ1) is 12.1. The minimum Gasteiger partial charge on any atom is -0.481 e. The molecule has 0 spiro atoms. The summed E-state index contributed by atoms with van der Waals surface area (Å²) >= 11 is 1.89. The van der Waals surface area contributed by atoms with Gasteiger partial charge in [-0.1, -0.05) is 0 Å². The predicted molar refractivity (Wildman–Crippen MR) is 57.8 cm³/mol. The van der Waals surface area contributed by atoms with Gasteiger partial charge in [-0.15, -0.1) is 0 Å². The Morgan fingerprint density at radius 3 is 2.80 bits per heavy atom. The molecule has 0 amide bonds. The predicted octanol–water partition coefficient (Wildman–Crippen LogP) is 2.70. The van der Waals surface area contributed by atoms with Gasteiger partial charge in [-0.05, 0) is 22.6 Å². The largest absolute Gasteiger partial charge is 0.481 e. The van der Waals surface area contributed by atoms with Crippen molar-refractivity contribution in [3.05, 3.63) is 20.9 Å². The van der Waals surface area contributed by atoms with Crippen molar-refractivity contribution in [2.24, 2.45) is 0 Å². The molecule has 0 bridgehead atoms. The Morgan fingerprint density at radius 1 is 1.67 bits per heavy atom. The molecule has 0 radical (unpaired) electrons. The van der Waals surface area contributed by atoms with Gasteiger partial charge in [0.15, 0.2) is 0 Å². The third kappa shape index (κ3) is 2.75. The molecule has 0 aliphatic rings. The maximum absolute atomic E-state index is 12.6. The number of halogens is 3. The van der Waals surface area contributed by atoms with Crippen molar-refractivity contribution in [3.63, 3.8) is 0 Å². The number of hydrogen-bond donors (Lipinski definition) is 0. The zero-order chi connectivity index (χ0) is 11.4. The molecule has 3 nitrogen and oxygen atoms in total. The molecule has 0 aliphatic carbocycles. The van der Waals surface area contributed by atoms with Crippen LogP contribution in [0.5, 0.6) is 5.88 Å². The van der Waals surface area contributed by atoms with Crippen molar-refractivity contribution >= 4 is 22.6 Å². The Hall–Kier alpha value is -0.970. The van der Waals surface area contributed by atoms with E-state index in [1.807, 2.05) is 28.7 Å². The molecule has 0 N–H and O–H groups in total. The van der Waals surface area contributed by atoms with Gasteiger partial charge in [-0.3, -0.25) is 0 Å². The SMILES string of the molecule is COc1cc(I)c(CC#N)c(C(F)F)n1. The Morgan fingerprint density at radius 2 is 2.33 bits per heavy atom. The molecule has 15 heavy (non-hydrogen) atoms. The van der Waals surface area contributed by atoms with Crippen LogP contribution in [0.3, 0.4) is 0 Å². The van der Waals surface area contributed by atoms with Crippen LogP contribution in [0, 0.1) is 14.9 Å². The Balaban J connectivity index is 3.30. The number of pyridine rings is 1. The number of alkyl halides is 2. The van der Waals surface area contributed by atoms with Crippen LogP contribution in [-0.4, -0.2) is 12.1 Å². The summed E-state index contributed by atoms with van der Waals surface area (Å²) in [7, 11) is 1.36. The lowest BCUT2D eigenvalue weighted by Crippen LogP contribution is -2.03. The van der Waals surface area contributed by atoms with Gasteiger partial charge in [0.25, 0.3) is 6.43 Å². The van der Waals surface area contributed by atoms with Crippen molar-refractivity contribution in [2.75, 3.05) is 7.11 Å². The van der Waals surface area contributed by atoms with Crippen LogP contribution in [0.4, 0.5) is 8.78 Å². The minimum absolute atomic E-state index is 0.0745. The molecule has 0 fully saturated rings. The summed E-state index contributed by atoms with van der Waals surface area (Å²) in [6.07, 6.45) is -2.77. The van der Waals surface area contributed by atoms with Gasteiger partial charge in [0.05, 0.1) is 19.6 Å². The maximum Gasteiger partial charge on any atom is 0.280 e. The van der Waals surface area contributed by atoms with E-state index in [2.05, 4.69) is 4.98 Å². The van der Waals surface area contributed by atoms with E-state index >= 15 is 0 Å². The van der Waals surface area contributed by atoms with E-state index in [-0.39, 0.29) is 23.6 Å². The highest BCUT2D eigenvalue weighted by Gasteiger charge is 2.19. The lowest BCUT2D eigenvalue weighted by Gasteiger charge is -2.09. The molecule has 1 heterocycles. The van der Waals surface area contributed by atoms with Crippen molar-refractivity contribution in [3.8, 4) is 11.9 Å². The molecule has 0 saturated heterocycles. The number of hydrogen-bond acceptors (Lipinski definition) is 3. The highest BCUT2D eigenvalue weighted by molar-refractivity contribution is 14.1. The first-order valence-corrected chi connectivity index (χ1v) is 5.06. The number of ether oxygens (including phenoxy) is 1. The molecular weight excluding hydrogens is 317 g/mol. The second kappa shape index (κ2) is 5.21. The zero-order valence-corrected chi connectivity index (χ0v) is 9.96. The van der Waals surface area contributed by atoms with Gasteiger partial charge < -0.3 is 4.74 Å². The summed E-state index contributed by atoms with van der Waals surface area (Å²) in [5.74, 6) is 0.136. The first-order valence-electron chi connectivity index (χ1n) is 3.98. The fraction of sp³-hybridized carbons (Fsp3) is 0.333. The van der Waals surface area contributed by atoms with Crippen LogP contribution in [0.15, 0.2) is 6.07 Å². The Kier molecular flexibility index (Phi) is 4.20. The molecule has 6 heteroatoms. The van der Waals surface area contributed by atoms with Crippen LogP contribution in [-0.2, 0) is 6.42 Å². The van der Waals surface area contributed by atoms with Crippen molar-refractivity contribution in [1.29, 1.82) is 5.26 Å². The second-order valence-corrected chi connectivity index (χ2v) is 3.81. The monoisotopic (exact) mass is 324 g/mol. The topological polar surface area (TPSA) is 45.9 Å². The Labute approximate surface area is 99.2 Å². The van der Waals surface area contributed by atoms with E-state index in [1.54, 1.807) is 0 Å². The average molecular weight is 324 g/mol. The van der Waals surface area contributed by atoms with Gasteiger partial charge >= 0.3 is 0 Å². The van der Waals surface area contributed by atoms with E-state index in [9.17, 15) is 8.78 Å². The molecule has 0 aromatic carbocycles. The summed E-state index contributed by atoms with van der Waals surface area (Å²) in [5.41, 5.74) is -0.103. The summed E-state index contributed by atoms with van der Waals surface area (Å²) in [6.45, 7) is 0. The van der Waals surface area contributed by atoms with Gasteiger partial charge in [0.1, 0.15) is 5.69 Å². The number of aromatic nitrogens is 1. The van der Waals surface area contributed by atoms with Crippen LogP contribution < -0.4 is 4.74 Å². The van der Waals surface area contributed by atoms with E-state index in [4.69, 9.17) is 10.00 Å². The highest BCUT2D eigenvalue weighted by atomic mass is 127. The van der Waals surface area contributed by atoms with Gasteiger partial charge in [0, 0.05) is 15.2 Å². The van der Waals surface area contributed by atoms with Gasteiger partial charge in [-0.2, -0.15) is 5.26 Å². The molecule has 0 atom stereocenters. The zero-order valence-electron chi connectivity index (χ0n) is 7.80. The van der Waals surface area contributed by atoms with Crippen LogP contribution in [0.1, 0.15) is 17.7 Å². The molecule has 1 aromatic rings. The number of rotatable bonds is 3. The first-order chi connectivity index (χ1) is 7.10. The standard InChI is InChI=1S/C9H7F2IN2O/c1-15-7-4-6(12)5(2-3-13)8(14-7)9(10)11/h4,9H,2H2,1H3. The van der Waals surface area contributed by atoms with Crippen molar-refractivity contribution < 1.29 is 13.5 Å². The minimum atomic E-state index is -2.70. The average Bonchev–Trinajstić information content (AvgIpc) is 2.20. The normalized spacial score (nSPS) is 10.1. The summed E-state index contributed by atoms with van der Waals surface area (Å²) in [4.78, 5) is 3.64. The van der Waals surface area contributed by atoms with Gasteiger partial charge in [0.2, 0.25) is 5.88 Å². The Bertz CT molecular complexity index is 404. The summed E-state index contributed by atoms with van der Waals surface area (Å²) < 4.78 is 30.6. The molecule has 0 unspecified atom stereocenters. The number of nitrogens with zero attached hydrogens (tertiary/aromatic N) is 2. The highest BCUT2D eigenvalue weighted by Crippen LogP contribution is 2.28.